The summed E-state index contributed by atoms with van der Waals surface area (Å²) in [6.07, 6.45) is 1.03. The summed E-state index contributed by atoms with van der Waals surface area (Å²) in [6, 6.07) is 12.6. The average molecular weight is 395 g/mol. The van der Waals surface area contributed by atoms with E-state index in [1.807, 2.05) is 6.07 Å². The van der Waals surface area contributed by atoms with Gasteiger partial charge in [-0.05, 0) is 42.2 Å². The highest BCUT2D eigenvalue weighted by Gasteiger charge is 2.12. The third kappa shape index (κ3) is 3.82. The zero-order chi connectivity index (χ0) is 12.3. The molecule has 1 aromatic carbocycles. The second-order valence-corrected chi connectivity index (χ2v) is 7.18. The van der Waals surface area contributed by atoms with Crippen LogP contribution in [0.3, 0.4) is 0 Å². The summed E-state index contributed by atoms with van der Waals surface area (Å²) < 4.78 is 1.99. The highest BCUT2D eigenvalue weighted by molar-refractivity contribution is 9.10. The number of halogens is 3. The molecule has 1 atom stereocenters. The van der Waals surface area contributed by atoms with Crippen molar-refractivity contribution >= 4 is 54.8 Å². The Morgan fingerprint density at radius 3 is 2.65 bits per heavy atom. The van der Waals surface area contributed by atoms with Crippen LogP contribution < -0.4 is 0 Å². The van der Waals surface area contributed by atoms with Crippen LogP contribution in [0.25, 0.3) is 0 Å². The van der Waals surface area contributed by atoms with Gasteiger partial charge in [-0.25, -0.2) is 0 Å². The van der Waals surface area contributed by atoms with Crippen molar-refractivity contribution < 1.29 is 0 Å². The third-order valence-electron chi connectivity index (χ3n) is 2.58. The van der Waals surface area contributed by atoms with Gasteiger partial charge in [0.25, 0.3) is 0 Å². The van der Waals surface area contributed by atoms with Crippen LogP contribution in [0.1, 0.15) is 16.4 Å². The van der Waals surface area contributed by atoms with Gasteiger partial charge in [0, 0.05) is 14.7 Å². The molecule has 0 saturated carbocycles. The number of rotatable bonds is 4. The lowest BCUT2D eigenvalue weighted by atomic mass is 9.97. The first-order valence-electron chi connectivity index (χ1n) is 5.24. The topological polar surface area (TPSA) is 0 Å². The van der Waals surface area contributed by atoms with Crippen molar-refractivity contribution in [2.45, 2.75) is 12.3 Å². The molecule has 0 N–H and O–H groups in total. The highest BCUT2D eigenvalue weighted by atomic mass is 79.9. The normalized spacial score (nSPS) is 12.6. The Kier molecular flexibility index (Phi) is 5.10. The molecule has 2 rings (SSSR count). The molecular weight excluding hydrogens is 383 g/mol. The van der Waals surface area contributed by atoms with E-state index in [-0.39, 0.29) is 0 Å². The molecule has 0 aliphatic heterocycles. The maximum absolute atomic E-state index is 5.96. The van der Waals surface area contributed by atoms with Gasteiger partial charge < -0.3 is 0 Å². The molecule has 0 fully saturated rings. The lowest BCUT2D eigenvalue weighted by Gasteiger charge is -2.13. The molecule has 0 radical (unpaired) electrons. The fourth-order valence-corrected chi connectivity index (χ4v) is 3.91. The molecule has 1 aromatic heterocycles. The molecule has 17 heavy (non-hydrogen) atoms. The molecule has 0 nitrogen and oxygen atoms in total. The highest BCUT2D eigenvalue weighted by Crippen LogP contribution is 2.29. The van der Waals surface area contributed by atoms with Crippen molar-refractivity contribution in [2.24, 2.45) is 0 Å². The van der Waals surface area contributed by atoms with Gasteiger partial charge in [0.05, 0.1) is 4.34 Å². The van der Waals surface area contributed by atoms with E-state index in [1.54, 1.807) is 11.3 Å². The van der Waals surface area contributed by atoms with Crippen molar-refractivity contribution in [3.05, 3.63) is 55.6 Å². The van der Waals surface area contributed by atoms with Crippen LogP contribution in [-0.4, -0.2) is 5.33 Å². The summed E-state index contributed by atoms with van der Waals surface area (Å²) >= 11 is 14.7. The van der Waals surface area contributed by atoms with Crippen LogP contribution in [-0.2, 0) is 6.42 Å². The minimum atomic E-state index is 0.488. The zero-order valence-electron chi connectivity index (χ0n) is 9.00. The van der Waals surface area contributed by atoms with Crippen LogP contribution in [0.2, 0.25) is 4.34 Å². The van der Waals surface area contributed by atoms with E-state index in [2.05, 4.69) is 62.2 Å². The monoisotopic (exact) mass is 392 g/mol. The van der Waals surface area contributed by atoms with Crippen LogP contribution in [0.4, 0.5) is 0 Å². The predicted octanol–water partition coefficient (Wildman–Crippen LogP) is 5.89. The molecule has 0 bridgehead atoms. The molecular formula is C13H11Br2ClS. The summed E-state index contributed by atoms with van der Waals surface area (Å²) in [6.45, 7) is 0. The summed E-state index contributed by atoms with van der Waals surface area (Å²) in [7, 11) is 0. The SMILES string of the molecule is Clc1ccc(CC(CBr)c2cccc(Br)c2)s1. The Balaban J connectivity index is 2.16. The lowest BCUT2D eigenvalue weighted by molar-refractivity contribution is 0.785. The Morgan fingerprint density at radius 1 is 1.24 bits per heavy atom. The molecule has 0 aliphatic carbocycles. The summed E-state index contributed by atoms with van der Waals surface area (Å²) in [5, 5.41) is 0.957. The van der Waals surface area contributed by atoms with E-state index in [9.17, 15) is 0 Å². The van der Waals surface area contributed by atoms with E-state index in [0.717, 1.165) is 20.6 Å². The zero-order valence-corrected chi connectivity index (χ0v) is 13.7. The van der Waals surface area contributed by atoms with Gasteiger partial charge in [0.1, 0.15) is 0 Å². The fraction of sp³-hybridized carbons (Fsp3) is 0.231. The van der Waals surface area contributed by atoms with E-state index in [1.165, 1.54) is 10.4 Å². The van der Waals surface area contributed by atoms with E-state index in [0.29, 0.717) is 5.92 Å². The molecule has 0 amide bonds. The first kappa shape index (κ1) is 13.6. The minimum absolute atomic E-state index is 0.488. The van der Waals surface area contributed by atoms with E-state index < -0.39 is 0 Å². The first-order valence-corrected chi connectivity index (χ1v) is 8.35. The van der Waals surface area contributed by atoms with Gasteiger partial charge in [-0.15, -0.1) is 11.3 Å². The van der Waals surface area contributed by atoms with Gasteiger partial charge in [-0.1, -0.05) is 55.6 Å². The molecule has 0 saturated heterocycles. The number of hydrogen-bond acceptors (Lipinski definition) is 1. The maximum Gasteiger partial charge on any atom is 0.0931 e. The number of hydrogen-bond donors (Lipinski definition) is 0. The molecule has 0 aliphatic rings. The second-order valence-electron chi connectivity index (χ2n) is 3.82. The summed E-state index contributed by atoms with van der Waals surface area (Å²) in [5.41, 5.74) is 1.35. The third-order valence-corrected chi connectivity index (χ3v) is 5.11. The van der Waals surface area contributed by atoms with Gasteiger partial charge in [-0.3, -0.25) is 0 Å². The predicted molar refractivity (Wildman–Crippen MR) is 83.7 cm³/mol. The Labute approximate surface area is 127 Å². The molecule has 4 heteroatoms. The van der Waals surface area contributed by atoms with Crippen molar-refractivity contribution in [3.8, 4) is 0 Å². The van der Waals surface area contributed by atoms with E-state index >= 15 is 0 Å². The standard InChI is InChI=1S/C13H11Br2ClS/c14-8-10(7-12-4-5-13(16)17-12)9-2-1-3-11(15)6-9/h1-6,10H,7-8H2. The van der Waals surface area contributed by atoms with Gasteiger partial charge >= 0.3 is 0 Å². The Hall–Kier alpha value is 0.170. The molecule has 0 spiro atoms. The Morgan fingerprint density at radius 2 is 2.06 bits per heavy atom. The average Bonchev–Trinajstić information content (AvgIpc) is 2.72. The second kappa shape index (κ2) is 6.37. The summed E-state index contributed by atoms with van der Waals surface area (Å²) in [5.74, 6) is 0.488. The number of benzene rings is 1. The quantitative estimate of drug-likeness (QED) is 0.568. The number of thiophene rings is 1. The largest absolute Gasteiger partial charge is 0.128 e. The van der Waals surface area contributed by atoms with Crippen molar-refractivity contribution in [1.29, 1.82) is 0 Å². The van der Waals surface area contributed by atoms with E-state index in [4.69, 9.17) is 11.6 Å². The van der Waals surface area contributed by atoms with Crippen LogP contribution in [0, 0.1) is 0 Å². The molecule has 2 aromatic rings. The van der Waals surface area contributed by atoms with Crippen molar-refractivity contribution in [1.82, 2.24) is 0 Å². The van der Waals surface area contributed by atoms with Crippen LogP contribution in [0.15, 0.2) is 40.9 Å². The first-order chi connectivity index (χ1) is 8.19. The molecule has 1 heterocycles. The lowest BCUT2D eigenvalue weighted by Crippen LogP contribution is -2.03. The van der Waals surface area contributed by atoms with Crippen molar-refractivity contribution in [3.63, 3.8) is 0 Å². The Bertz CT molecular complexity index is 496. The molecule has 90 valence electrons. The fourth-order valence-electron chi connectivity index (χ4n) is 1.73. The van der Waals surface area contributed by atoms with Gasteiger partial charge in [0.2, 0.25) is 0 Å². The van der Waals surface area contributed by atoms with Crippen LogP contribution in [0.5, 0.6) is 0 Å². The van der Waals surface area contributed by atoms with Crippen LogP contribution >= 0.6 is 54.8 Å². The smallest absolute Gasteiger partial charge is 0.0931 e. The maximum atomic E-state index is 5.96. The van der Waals surface area contributed by atoms with Gasteiger partial charge in [-0.2, -0.15) is 0 Å². The summed E-state index contributed by atoms with van der Waals surface area (Å²) in [4.78, 5) is 1.33. The minimum Gasteiger partial charge on any atom is -0.128 e. The van der Waals surface area contributed by atoms with Crippen molar-refractivity contribution in [2.75, 3.05) is 5.33 Å². The number of alkyl halides is 1. The molecule has 1 unspecified atom stereocenters. The van der Waals surface area contributed by atoms with Gasteiger partial charge in [0.15, 0.2) is 0 Å².